The first-order chi connectivity index (χ1) is 5.05. The maximum Gasteiger partial charge on any atom is 0.160 e. The zero-order chi connectivity index (χ0) is 8.48. The fourth-order valence-electron chi connectivity index (χ4n) is 0.967. The molecule has 1 aromatic heterocycles. The number of H-pyrrole nitrogens is 1. The molecule has 0 amide bonds. The third-order valence-electron chi connectivity index (χ3n) is 1.57. The van der Waals surface area contributed by atoms with E-state index in [0.717, 1.165) is 11.4 Å². The lowest BCUT2D eigenvalue weighted by atomic mass is 9.92. The monoisotopic (exact) mass is 154 g/mol. The van der Waals surface area contributed by atoms with Gasteiger partial charge in [0.1, 0.15) is 0 Å². The van der Waals surface area contributed by atoms with Crippen molar-refractivity contribution in [2.75, 3.05) is 7.11 Å². The normalized spacial score (nSPS) is 11.6. The van der Waals surface area contributed by atoms with Crippen LogP contribution in [0.25, 0.3) is 0 Å². The van der Waals surface area contributed by atoms with Gasteiger partial charge >= 0.3 is 0 Å². The van der Waals surface area contributed by atoms with Crippen LogP contribution in [0.5, 0.6) is 5.75 Å². The van der Waals surface area contributed by atoms with Gasteiger partial charge in [-0.05, 0) is 0 Å². The Labute approximate surface area is 66.8 Å². The van der Waals surface area contributed by atoms with Crippen molar-refractivity contribution < 1.29 is 4.74 Å². The topological polar surface area (TPSA) is 37.9 Å². The number of hydrogen-bond acceptors (Lipinski definition) is 2. The van der Waals surface area contributed by atoms with Gasteiger partial charge in [0.15, 0.2) is 5.75 Å². The van der Waals surface area contributed by atoms with Gasteiger partial charge in [-0.1, -0.05) is 20.8 Å². The third kappa shape index (κ3) is 1.53. The highest BCUT2D eigenvalue weighted by atomic mass is 16.5. The number of rotatable bonds is 1. The summed E-state index contributed by atoms with van der Waals surface area (Å²) in [5.74, 6) is 0.831. The Kier molecular flexibility index (Phi) is 1.89. The van der Waals surface area contributed by atoms with E-state index >= 15 is 0 Å². The summed E-state index contributed by atoms with van der Waals surface area (Å²) >= 11 is 0. The first-order valence-corrected chi connectivity index (χ1v) is 3.63. The largest absolute Gasteiger partial charge is 0.493 e. The van der Waals surface area contributed by atoms with Crippen LogP contribution in [0.1, 0.15) is 26.5 Å². The second kappa shape index (κ2) is 2.57. The van der Waals surface area contributed by atoms with Gasteiger partial charge in [0.25, 0.3) is 0 Å². The summed E-state index contributed by atoms with van der Waals surface area (Å²) in [5, 5.41) is 6.83. The standard InChI is InChI=1S/C8H14N2O/c1-8(2,3)7-6(11-4)5-9-10-7/h5H,1-4H3,(H,9,10). The van der Waals surface area contributed by atoms with Gasteiger partial charge in [-0.2, -0.15) is 5.10 Å². The summed E-state index contributed by atoms with van der Waals surface area (Å²) in [6.07, 6.45) is 1.70. The van der Waals surface area contributed by atoms with Gasteiger partial charge in [-0.25, -0.2) is 0 Å². The lowest BCUT2D eigenvalue weighted by Gasteiger charge is -2.16. The molecule has 0 unspecified atom stereocenters. The van der Waals surface area contributed by atoms with E-state index in [1.807, 2.05) is 0 Å². The number of nitrogens with one attached hydrogen (secondary N) is 1. The Morgan fingerprint density at radius 2 is 2.09 bits per heavy atom. The molecule has 0 aliphatic heterocycles. The Bertz CT molecular complexity index is 234. The Balaban J connectivity index is 3.02. The molecule has 0 atom stereocenters. The average Bonchev–Trinajstić information content (AvgIpc) is 2.31. The summed E-state index contributed by atoms with van der Waals surface area (Å²) in [6.45, 7) is 6.34. The van der Waals surface area contributed by atoms with Gasteiger partial charge in [0, 0.05) is 5.41 Å². The molecule has 1 N–H and O–H groups in total. The zero-order valence-corrected chi connectivity index (χ0v) is 7.43. The van der Waals surface area contributed by atoms with Crippen molar-refractivity contribution in [2.24, 2.45) is 0 Å². The number of methoxy groups -OCH3 is 1. The number of aromatic amines is 1. The van der Waals surface area contributed by atoms with E-state index < -0.39 is 0 Å². The Morgan fingerprint density at radius 1 is 1.45 bits per heavy atom. The van der Waals surface area contributed by atoms with Crippen LogP contribution in [-0.2, 0) is 5.41 Å². The molecule has 62 valence electrons. The lowest BCUT2D eigenvalue weighted by molar-refractivity contribution is 0.396. The number of aromatic nitrogens is 2. The molecule has 11 heavy (non-hydrogen) atoms. The second-order valence-electron chi connectivity index (χ2n) is 3.56. The maximum absolute atomic E-state index is 5.12. The molecule has 0 fully saturated rings. The van der Waals surface area contributed by atoms with E-state index in [9.17, 15) is 0 Å². The minimum absolute atomic E-state index is 0.0713. The summed E-state index contributed by atoms with van der Waals surface area (Å²) in [6, 6.07) is 0. The third-order valence-corrected chi connectivity index (χ3v) is 1.57. The molecule has 0 radical (unpaired) electrons. The molecule has 0 saturated carbocycles. The zero-order valence-electron chi connectivity index (χ0n) is 7.43. The van der Waals surface area contributed by atoms with Gasteiger partial charge < -0.3 is 4.74 Å². The van der Waals surface area contributed by atoms with Crippen LogP contribution in [0.15, 0.2) is 6.20 Å². The van der Waals surface area contributed by atoms with Crippen LogP contribution in [0.2, 0.25) is 0 Å². The fraction of sp³-hybridized carbons (Fsp3) is 0.625. The first kappa shape index (κ1) is 8.11. The molecule has 0 bridgehead atoms. The first-order valence-electron chi connectivity index (χ1n) is 3.63. The van der Waals surface area contributed by atoms with Crippen molar-refractivity contribution in [3.05, 3.63) is 11.9 Å². The lowest BCUT2D eigenvalue weighted by Crippen LogP contribution is -2.12. The highest BCUT2D eigenvalue weighted by Crippen LogP contribution is 2.27. The molecule has 0 aliphatic carbocycles. The van der Waals surface area contributed by atoms with Gasteiger partial charge in [-0.15, -0.1) is 0 Å². The van der Waals surface area contributed by atoms with Crippen molar-refractivity contribution in [3.63, 3.8) is 0 Å². The van der Waals surface area contributed by atoms with Crippen molar-refractivity contribution >= 4 is 0 Å². The summed E-state index contributed by atoms with van der Waals surface area (Å²) in [7, 11) is 1.65. The van der Waals surface area contributed by atoms with E-state index in [4.69, 9.17) is 4.74 Å². The van der Waals surface area contributed by atoms with Crippen molar-refractivity contribution in [1.29, 1.82) is 0 Å². The van der Waals surface area contributed by atoms with Crippen molar-refractivity contribution in [2.45, 2.75) is 26.2 Å². The van der Waals surface area contributed by atoms with E-state index in [0.29, 0.717) is 0 Å². The molecule has 0 spiro atoms. The molecule has 0 saturated heterocycles. The quantitative estimate of drug-likeness (QED) is 0.668. The summed E-state index contributed by atoms with van der Waals surface area (Å²) in [4.78, 5) is 0. The van der Waals surface area contributed by atoms with Crippen LogP contribution < -0.4 is 4.74 Å². The molecule has 3 heteroatoms. The van der Waals surface area contributed by atoms with E-state index in [-0.39, 0.29) is 5.41 Å². The van der Waals surface area contributed by atoms with Gasteiger partial charge in [0.05, 0.1) is 19.0 Å². The summed E-state index contributed by atoms with van der Waals surface area (Å²) in [5.41, 5.74) is 1.11. The number of nitrogens with zero attached hydrogens (tertiary/aromatic N) is 1. The minimum Gasteiger partial charge on any atom is -0.493 e. The van der Waals surface area contributed by atoms with Crippen LogP contribution in [-0.4, -0.2) is 17.3 Å². The Hall–Kier alpha value is -0.990. The molecule has 0 aliphatic rings. The van der Waals surface area contributed by atoms with E-state index in [1.165, 1.54) is 0 Å². The molecule has 1 heterocycles. The van der Waals surface area contributed by atoms with Crippen molar-refractivity contribution in [1.82, 2.24) is 10.2 Å². The molecule has 3 nitrogen and oxygen atoms in total. The second-order valence-corrected chi connectivity index (χ2v) is 3.56. The average molecular weight is 154 g/mol. The molecular weight excluding hydrogens is 140 g/mol. The SMILES string of the molecule is COc1cn[nH]c1C(C)(C)C. The number of hydrogen-bond donors (Lipinski definition) is 1. The van der Waals surface area contributed by atoms with Crippen LogP contribution >= 0.6 is 0 Å². The van der Waals surface area contributed by atoms with Crippen LogP contribution in [0.3, 0.4) is 0 Å². The molecule has 1 rings (SSSR count). The fourth-order valence-corrected chi connectivity index (χ4v) is 0.967. The van der Waals surface area contributed by atoms with E-state index in [2.05, 4.69) is 31.0 Å². The molecule has 0 aromatic carbocycles. The molecular formula is C8H14N2O. The highest BCUT2D eigenvalue weighted by molar-refractivity contribution is 5.29. The van der Waals surface area contributed by atoms with Crippen LogP contribution in [0.4, 0.5) is 0 Å². The predicted octanol–water partition coefficient (Wildman–Crippen LogP) is 1.72. The number of ether oxygens (including phenoxy) is 1. The Morgan fingerprint density at radius 3 is 2.45 bits per heavy atom. The predicted molar refractivity (Wildman–Crippen MR) is 43.8 cm³/mol. The van der Waals surface area contributed by atoms with Crippen LogP contribution in [0, 0.1) is 0 Å². The molecule has 1 aromatic rings. The van der Waals surface area contributed by atoms with Crippen molar-refractivity contribution in [3.8, 4) is 5.75 Å². The van der Waals surface area contributed by atoms with Gasteiger partial charge in [0.2, 0.25) is 0 Å². The smallest absolute Gasteiger partial charge is 0.160 e. The van der Waals surface area contributed by atoms with Gasteiger partial charge in [-0.3, -0.25) is 5.10 Å². The van der Waals surface area contributed by atoms with E-state index in [1.54, 1.807) is 13.3 Å². The maximum atomic E-state index is 5.12. The minimum atomic E-state index is 0.0713. The summed E-state index contributed by atoms with van der Waals surface area (Å²) < 4.78 is 5.12. The highest BCUT2D eigenvalue weighted by Gasteiger charge is 2.20.